The summed E-state index contributed by atoms with van der Waals surface area (Å²) in [6.07, 6.45) is 3.57. The van der Waals surface area contributed by atoms with E-state index < -0.39 is 0 Å². The second-order valence-corrected chi connectivity index (χ2v) is 3.63. The van der Waals surface area contributed by atoms with Crippen molar-refractivity contribution in [3.63, 3.8) is 0 Å². The number of hydrogen-bond donors (Lipinski definition) is 1. The van der Waals surface area contributed by atoms with Crippen LogP contribution in [0.2, 0.25) is 0 Å². The van der Waals surface area contributed by atoms with Gasteiger partial charge < -0.3 is 4.74 Å². The molecule has 78 valence electrons. The van der Waals surface area contributed by atoms with Crippen molar-refractivity contribution in [2.75, 3.05) is 6.61 Å². The first-order valence-corrected chi connectivity index (χ1v) is 4.53. The Morgan fingerprint density at radius 1 is 1.50 bits per heavy atom. The average molecular weight is 215 g/mol. The molecular weight excluding hydrogens is 200 g/mol. The summed E-state index contributed by atoms with van der Waals surface area (Å²) >= 11 is 0. The van der Waals surface area contributed by atoms with E-state index in [1.807, 2.05) is 19.1 Å². The smallest absolute Gasteiger partial charge is 0.142 e. The van der Waals surface area contributed by atoms with Crippen LogP contribution >= 0.6 is 12.4 Å². The van der Waals surface area contributed by atoms with E-state index in [1.54, 1.807) is 12.4 Å². The molecule has 1 aliphatic heterocycles. The molecule has 0 bridgehead atoms. The fourth-order valence-corrected chi connectivity index (χ4v) is 1.68. The Morgan fingerprint density at radius 3 is 2.64 bits per heavy atom. The molecule has 0 aliphatic carbocycles. The zero-order chi connectivity index (χ0) is 9.31. The minimum Gasteiger partial charge on any atom is -0.355 e. The van der Waals surface area contributed by atoms with Crippen LogP contribution in [0.15, 0.2) is 24.5 Å². The van der Waals surface area contributed by atoms with Crippen LogP contribution < -0.4 is 5.32 Å². The van der Waals surface area contributed by atoms with Crippen LogP contribution in [0.1, 0.15) is 19.4 Å². The molecule has 0 saturated carbocycles. The summed E-state index contributed by atoms with van der Waals surface area (Å²) in [5, 5.41) is 3.40. The summed E-state index contributed by atoms with van der Waals surface area (Å²) in [7, 11) is 0. The van der Waals surface area contributed by atoms with Crippen molar-refractivity contribution in [1.82, 2.24) is 10.3 Å². The Labute approximate surface area is 90.3 Å². The van der Waals surface area contributed by atoms with Crippen LogP contribution in [0, 0.1) is 0 Å². The maximum Gasteiger partial charge on any atom is 0.142 e. The summed E-state index contributed by atoms with van der Waals surface area (Å²) in [4.78, 5) is 3.98. The number of hydrogen-bond acceptors (Lipinski definition) is 3. The lowest BCUT2D eigenvalue weighted by Crippen LogP contribution is -2.37. The van der Waals surface area contributed by atoms with Crippen molar-refractivity contribution in [2.24, 2.45) is 0 Å². The van der Waals surface area contributed by atoms with Crippen molar-refractivity contribution < 1.29 is 4.74 Å². The van der Waals surface area contributed by atoms with Crippen LogP contribution in [0.5, 0.6) is 0 Å². The Balaban J connectivity index is 0.000000980. The monoisotopic (exact) mass is 214 g/mol. The third-order valence-corrected chi connectivity index (χ3v) is 2.38. The van der Waals surface area contributed by atoms with Crippen molar-refractivity contribution in [3.8, 4) is 0 Å². The molecule has 0 radical (unpaired) electrons. The molecule has 0 spiro atoms. The molecule has 1 aromatic heterocycles. The summed E-state index contributed by atoms with van der Waals surface area (Å²) in [5.74, 6) is 0. The molecule has 1 fully saturated rings. The molecule has 2 atom stereocenters. The maximum absolute atomic E-state index is 5.70. The van der Waals surface area contributed by atoms with Gasteiger partial charge in [-0.05, 0) is 26.0 Å². The van der Waals surface area contributed by atoms with E-state index in [9.17, 15) is 0 Å². The fourth-order valence-electron chi connectivity index (χ4n) is 1.68. The minimum atomic E-state index is -0.331. The van der Waals surface area contributed by atoms with Crippen LogP contribution in [-0.4, -0.2) is 17.6 Å². The van der Waals surface area contributed by atoms with E-state index in [4.69, 9.17) is 4.74 Å². The average Bonchev–Trinajstić information content (AvgIpc) is 2.49. The van der Waals surface area contributed by atoms with Crippen molar-refractivity contribution in [3.05, 3.63) is 30.1 Å². The molecule has 1 aromatic rings. The minimum absolute atomic E-state index is 0. The Bertz CT molecular complexity index is 293. The predicted octanol–water partition coefficient (Wildman–Crippen LogP) is 1.68. The fraction of sp³-hybridized carbons (Fsp3) is 0.500. The standard InChI is InChI=1S/C10H14N2O.ClH/c1-8-7-13-10(2,12-8)9-3-5-11-6-4-9;/h3-6,8,12H,7H2,1-2H3;1H. The number of rotatable bonds is 1. The molecule has 1 N–H and O–H groups in total. The van der Waals surface area contributed by atoms with Gasteiger partial charge in [0.1, 0.15) is 5.72 Å². The van der Waals surface area contributed by atoms with E-state index in [-0.39, 0.29) is 18.1 Å². The summed E-state index contributed by atoms with van der Waals surface area (Å²) in [6.45, 7) is 4.93. The van der Waals surface area contributed by atoms with Gasteiger partial charge in [-0.15, -0.1) is 12.4 Å². The molecule has 4 heteroatoms. The predicted molar refractivity (Wildman–Crippen MR) is 57.4 cm³/mol. The van der Waals surface area contributed by atoms with Gasteiger partial charge in [-0.2, -0.15) is 0 Å². The Kier molecular flexibility index (Phi) is 3.48. The third-order valence-electron chi connectivity index (χ3n) is 2.38. The zero-order valence-electron chi connectivity index (χ0n) is 8.36. The number of nitrogens with one attached hydrogen (secondary N) is 1. The van der Waals surface area contributed by atoms with Gasteiger partial charge in [0, 0.05) is 24.0 Å². The van der Waals surface area contributed by atoms with Gasteiger partial charge in [0.25, 0.3) is 0 Å². The number of ether oxygens (including phenoxy) is 1. The van der Waals surface area contributed by atoms with Gasteiger partial charge in [0.2, 0.25) is 0 Å². The van der Waals surface area contributed by atoms with Crippen molar-refractivity contribution in [1.29, 1.82) is 0 Å². The first kappa shape index (κ1) is 11.4. The third kappa shape index (κ3) is 2.05. The molecule has 0 aromatic carbocycles. The SMILES string of the molecule is CC1COC(C)(c2ccncc2)N1.Cl. The topological polar surface area (TPSA) is 34.1 Å². The molecule has 2 rings (SSSR count). The van der Waals surface area contributed by atoms with E-state index in [2.05, 4.69) is 17.2 Å². The lowest BCUT2D eigenvalue weighted by molar-refractivity contribution is 0.00230. The van der Waals surface area contributed by atoms with Gasteiger partial charge in [-0.3, -0.25) is 10.3 Å². The molecule has 2 unspecified atom stereocenters. The highest BCUT2D eigenvalue weighted by Gasteiger charge is 2.34. The largest absolute Gasteiger partial charge is 0.355 e. The van der Waals surface area contributed by atoms with Crippen molar-refractivity contribution in [2.45, 2.75) is 25.6 Å². The Hall–Kier alpha value is -0.640. The summed E-state index contributed by atoms with van der Waals surface area (Å²) in [5.41, 5.74) is 0.800. The van der Waals surface area contributed by atoms with Gasteiger partial charge in [-0.1, -0.05) is 0 Å². The van der Waals surface area contributed by atoms with Gasteiger partial charge in [0.05, 0.1) is 6.61 Å². The maximum atomic E-state index is 5.70. The highest BCUT2D eigenvalue weighted by Crippen LogP contribution is 2.26. The number of aromatic nitrogens is 1. The van der Waals surface area contributed by atoms with Crippen LogP contribution in [-0.2, 0) is 10.5 Å². The van der Waals surface area contributed by atoms with E-state index in [1.165, 1.54) is 0 Å². The molecule has 14 heavy (non-hydrogen) atoms. The van der Waals surface area contributed by atoms with Crippen LogP contribution in [0.3, 0.4) is 0 Å². The summed E-state index contributed by atoms with van der Waals surface area (Å²) in [6, 6.07) is 4.37. The first-order chi connectivity index (χ1) is 6.21. The van der Waals surface area contributed by atoms with E-state index in [0.717, 1.165) is 12.2 Å². The highest BCUT2D eigenvalue weighted by molar-refractivity contribution is 5.85. The number of halogens is 1. The second kappa shape index (κ2) is 4.26. The lowest BCUT2D eigenvalue weighted by Gasteiger charge is -2.24. The number of pyridine rings is 1. The van der Waals surface area contributed by atoms with Crippen molar-refractivity contribution >= 4 is 12.4 Å². The molecule has 1 aliphatic rings. The number of nitrogens with zero attached hydrogens (tertiary/aromatic N) is 1. The molecule has 2 heterocycles. The molecule has 0 amide bonds. The van der Waals surface area contributed by atoms with Gasteiger partial charge in [0.15, 0.2) is 0 Å². The van der Waals surface area contributed by atoms with E-state index in [0.29, 0.717) is 6.04 Å². The van der Waals surface area contributed by atoms with Crippen LogP contribution in [0.4, 0.5) is 0 Å². The molecule has 1 saturated heterocycles. The van der Waals surface area contributed by atoms with Crippen LogP contribution in [0.25, 0.3) is 0 Å². The quantitative estimate of drug-likeness (QED) is 0.773. The Morgan fingerprint density at radius 2 is 2.14 bits per heavy atom. The second-order valence-electron chi connectivity index (χ2n) is 3.63. The normalized spacial score (nSPS) is 31.1. The lowest BCUT2D eigenvalue weighted by atomic mass is 10.1. The van der Waals surface area contributed by atoms with Gasteiger partial charge >= 0.3 is 0 Å². The zero-order valence-corrected chi connectivity index (χ0v) is 9.17. The highest BCUT2D eigenvalue weighted by atomic mass is 35.5. The molecular formula is C10H15ClN2O. The van der Waals surface area contributed by atoms with Gasteiger partial charge in [-0.25, -0.2) is 0 Å². The first-order valence-electron chi connectivity index (χ1n) is 4.53. The molecule has 3 nitrogen and oxygen atoms in total. The van der Waals surface area contributed by atoms with E-state index >= 15 is 0 Å². The summed E-state index contributed by atoms with van der Waals surface area (Å²) < 4.78 is 5.70.